The number of rotatable bonds is 6. The van der Waals surface area contributed by atoms with Crippen LogP contribution in [0.5, 0.6) is 0 Å². The second-order valence-corrected chi connectivity index (χ2v) is 6.17. The first-order valence-corrected chi connectivity index (χ1v) is 8.06. The Bertz CT molecular complexity index is 907. The molecule has 4 heteroatoms. The minimum absolute atomic E-state index is 0.256. The number of benzene rings is 3. The largest absolute Gasteiger partial charge is 0.480 e. The summed E-state index contributed by atoms with van der Waals surface area (Å²) in [6.07, 6.45) is 0.905. The zero-order valence-electron chi connectivity index (χ0n) is 13.6. The van der Waals surface area contributed by atoms with Crippen LogP contribution in [-0.4, -0.2) is 17.4 Å². The predicted octanol–water partition coefficient (Wildman–Crippen LogP) is 3.14. The van der Waals surface area contributed by atoms with Crippen LogP contribution < -0.4 is 5.73 Å². The maximum atomic E-state index is 11.9. The van der Waals surface area contributed by atoms with Gasteiger partial charge >= 0.3 is 5.97 Å². The average Bonchev–Trinajstić information content (AvgIpc) is 2.66. The molecule has 0 saturated heterocycles. The number of fused-ring (bicyclic) bond motifs is 1. The highest BCUT2D eigenvalue weighted by molar-refractivity contribution is 5.86. The van der Waals surface area contributed by atoms with Gasteiger partial charge in [0.05, 0.1) is 5.92 Å². The van der Waals surface area contributed by atoms with Crippen molar-refractivity contribution in [2.75, 3.05) is 0 Å². The summed E-state index contributed by atoms with van der Waals surface area (Å²) >= 11 is 0. The number of carbonyl (C=O) groups is 2. The van der Waals surface area contributed by atoms with Crippen LogP contribution in [0.15, 0.2) is 72.8 Å². The zero-order chi connectivity index (χ0) is 17.9. The van der Waals surface area contributed by atoms with Crippen LogP contribution >= 0.6 is 0 Å². The maximum absolute atomic E-state index is 11.9. The second-order valence-electron chi connectivity index (χ2n) is 6.17. The number of carboxylic acids is 1. The topological polar surface area (TPSA) is 80.4 Å². The number of carbonyl (C=O) groups excluding carboxylic acids is 1. The minimum Gasteiger partial charge on any atom is -0.480 e. The molecule has 0 aromatic heterocycles. The molecule has 0 fully saturated rings. The molecule has 0 aliphatic heterocycles. The summed E-state index contributed by atoms with van der Waals surface area (Å²) in [4.78, 5) is 23.7. The Balaban J connectivity index is 1.99. The van der Waals surface area contributed by atoms with Gasteiger partial charge in [0.25, 0.3) is 0 Å². The number of nitrogens with two attached hydrogens (primary N) is 1. The minimum atomic E-state index is -1.77. The van der Waals surface area contributed by atoms with E-state index in [4.69, 9.17) is 5.73 Å². The molecule has 25 heavy (non-hydrogen) atoms. The lowest BCUT2D eigenvalue weighted by atomic mass is 9.76. The summed E-state index contributed by atoms with van der Waals surface area (Å²) in [6.45, 7) is 0. The normalized spacial score (nSPS) is 14.6. The van der Waals surface area contributed by atoms with E-state index in [9.17, 15) is 14.7 Å². The van der Waals surface area contributed by atoms with Gasteiger partial charge in [-0.2, -0.15) is 0 Å². The molecule has 0 aliphatic rings. The molecule has 0 spiro atoms. The summed E-state index contributed by atoms with van der Waals surface area (Å²) < 4.78 is 0. The molecule has 0 bridgehead atoms. The fraction of sp³-hybridized carbons (Fsp3) is 0.143. The highest BCUT2D eigenvalue weighted by Crippen LogP contribution is 2.30. The molecule has 0 amide bonds. The lowest BCUT2D eigenvalue weighted by Crippen LogP contribution is -2.52. The Morgan fingerprint density at radius 3 is 2.28 bits per heavy atom. The van der Waals surface area contributed by atoms with E-state index in [1.807, 2.05) is 42.5 Å². The van der Waals surface area contributed by atoms with Gasteiger partial charge in [0.1, 0.15) is 11.8 Å². The van der Waals surface area contributed by atoms with Gasteiger partial charge in [0.2, 0.25) is 0 Å². The van der Waals surface area contributed by atoms with E-state index in [-0.39, 0.29) is 6.42 Å². The van der Waals surface area contributed by atoms with Crippen molar-refractivity contribution in [1.29, 1.82) is 0 Å². The molecule has 3 rings (SSSR count). The Hall–Kier alpha value is -2.98. The van der Waals surface area contributed by atoms with Crippen molar-refractivity contribution in [3.05, 3.63) is 83.9 Å². The highest BCUT2D eigenvalue weighted by atomic mass is 16.4. The van der Waals surface area contributed by atoms with Crippen LogP contribution in [0.25, 0.3) is 10.8 Å². The van der Waals surface area contributed by atoms with Gasteiger partial charge in [0, 0.05) is 0 Å². The summed E-state index contributed by atoms with van der Waals surface area (Å²) in [7, 11) is 0. The van der Waals surface area contributed by atoms with Gasteiger partial charge in [-0.05, 0) is 28.3 Å². The molecule has 0 aliphatic carbocycles. The molecule has 3 N–H and O–H groups in total. The van der Waals surface area contributed by atoms with Crippen molar-refractivity contribution in [3.63, 3.8) is 0 Å². The van der Waals surface area contributed by atoms with Crippen molar-refractivity contribution in [2.45, 2.75) is 12.0 Å². The maximum Gasteiger partial charge on any atom is 0.329 e. The van der Waals surface area contributed by atoms with Gasteiger partial charge in [-0.3, -0.25) is 0 Å². The lowest BCUT2D eigenvalue weighted by Gasteiger charge is -2.31. The smallest absolute Gasteiger partial charge is 0.329 e. The second kappa shape index (κ2) is 6.87. The van der Waals surface area contributed by atoms with Crippen LogP contribution in [-0.2, 0) is 21.5 Å². The molecule has 3 aromatic rings. The van der Waals surface area contributed by atoms with Crippen LogP contribution in [0.1, 0.15) is 11.1 Å². The van der Waals surface area contributed by atoms with E-state index in [2.05, 4.69) is 0 Å². The van der Waals surface area contributed by atoms with E-state index < -0.39 is 17.4 Å². The molecule has 0 radical (unpaired) electrons. The first-order chi connectivity index (χ1) is 12.1. The highest BCUT2D eigenvalue weighted by Gasteiger charge is 2.44. The van der Waals surface area contributed by atoms with Gasteiger partial charge < -0.3 is 15.6 Å². The summed E-state index contributed by atoms with van der Waals surface area (Å²) in [6, 6.07) is 22.2. The molecule has 3 aromatic carbocycles. The molecular weight excluding hydrogens is 314 g/mol. The molecule has 126 valence electrons. The summed E-state index contributed by atoms with van der Waals surface area (Å²) in [5.74, 6) is -2.09. The average molecular weight is 333 g/mol. The molecular formula is C21H19NO3. The molecule has 2 atom stereocenters. The van der Waals surface area contributed by atoms with Crippen molar-refractivity contribution in [1.82, 2.24) is 0 Å². The van der Waals surface area contributed by atoms with Gasteiger partial charge in [-0.25, -0.2) is 4.79 Å². The third kappa shape index (κ3) is 3.16. The number of hydrogen-bond acceptors (Lipinski definition) is 3. The van der Waals surface area contributed by atoms with Gasteiger partial charge in [-0.1, -0.05) is 72.8 Å². The van der Waals surface area contributed by atoms with Crippen molar-refractivity contribution >= 4 is 23.0 Å². The Kier molecular flexibility index (Phi) is 4.63. The Morgan fingerprint density at radius 1 is 1.00 bits per heavy atom. The Labute approximate surface area is 145 Å². The van der Waals surface area contributed by atoms with Crippen LogP contribution in [0, 0.1) is 5.92 Å². The van der Waals surface area contributed by atoms with Gasteiger partial charge in [-0.15, -0.1) is 0 Å². The van der Waals surface area contributed by atoms with Crippen LogP contribution in [0.4, 0.5) is 0 Å². The fourth-order valence-corrected chi connectivity index (χ4v) is 3.15. The van der Waals surface area contributed by atoms with Gasteiger partial charge in [0.15, 0.2) is 0 Å². The molecule has 0 saturated carbocycles. The third-order valence-electron chi connectivity index (χ3n) is 4.62. The summed E-state index contributed by atoms with van der Waals surface area (Å²) in [5, 5.41) is 11.9. The quantitative estimate of drug-likeness (QED) is 0.679. The standard InChI is InChI=1S/C21H19NO3/c22-21(20(24)25,18-8-2-1-3-9-18)19(14-23)13-15-10-11-16-6-4-5-7-17(16)12-15/h1-12,14,19H,13,22H2,(H,24,25). The number of aldehydes is 1. The van der Waals surface area contributed by atoms with E-state index in [0.717, 1.165) is 16.3 Å². The van der Waals surface area contributed by atoms with E-state index >= 15 is 0 Å². The Morgan fingerprint density at radius 2 is 1.64 bits per heavy atom. The predicted molar refractivity (Wildman–Crippen MR) is 97.1 cm³/mol. The monoisotopic (exact) mass is 333 g/mol. The number of aliphatic carboxylic acids is 1. The first kappa shape index (κ1) is 16.9. The molecule has 0 heterocycles. The van der Waals surface area contributed by atoms with E-state index in [1.165, 1.54) is 0 Å². The fourth-order valence-electron chi connectivity index (χ4n) is 3.15. The first-order valence-electron chi connectivity index (χ1n) is 8.06. The van der Waals surface area contributed by atoms with Crippen molar-refractivity contribution < 1.29 is 14.7 Å². The molecule has 4 nitrogen and oxygen atoms in total. The van der Waals surface area contributed by atoms with E-state index in [0.29, 0.717) is 11.8 Å². The SMILES string of the molecule is NC(C(=O)O)(c1ccccc1)C(C=O)Cc1ccc2ccccc2c1. The van der Waals surface area contributed by atoms with Crippen LogP contribution in [0.3, 0.4) is 0 Å². The zero-order valence-corrected chi connectivity index (χ0v) is 13.6. The van der Waals surface area contributed by atoms with Crippen molar-refractivity contribution in [3.8, 4) is 0 Å². The van der Waals surface area contributed by atoms with Crippen molar-refractivity contribution in [2.24, 2.45) is 11.7 Å². The number of hydrogen-bond donors (Lipinski definition) is 2. The number of carboxylic acid groups (broad SMARTS) is 1. The summed E-state index contributed by atoms with van der Waals surface area (Å²) in [5.41, 5.74) is 5.77. The van der Waals surface area contributed by atoms with Crippen LogP contribution in [0.2, 0.25) is 0 Å². The lowest BCUT2D eigenvalue weighted by molar-refractivity contribution is -0.147. The van der Waals surface area contributed by atoms with E-state index in [1.54, 1.807) is 30.3 Å². The third-order valence-corrected chi connectivity index (χ3v) is 4.62. The molecule has 2 unspecified atom stereocenters.